The Bertz CT molecular complexity index is 825. The van der Waals surface area contributed by atoms with Crippen LogP contribution < -0.4 is 5.32 Å². The number of imidazole rings is 1. The van der Waals surface area contributed by atoms with E-state index in [4.69, 9.17) is 0 Å². The van der Waals surface area contributed by atoms with Gasteiger partial charge in [-0.05, 0) is 26.2 Å². The van der Waals surface area contributed by atoms with Crippen molar-refractivity contribution in [2.45, 2.75) is 50.4 Å². The maximum Gasteiger partial charge on any atom is 0.434 e. The molecule has 27 heavy (non-hydrogen) atoms. The molecule has 1 fully saturated rings. The molecule has 2 aliphatic heterocycles. The fraction of sp³-hybridized carbons (Fsp3) is 0.588. The van der Waals surface area contributed by atoms with Gasteiger partial charge in [0.25, 0.3) is 0 Å². The molecule has 4 heterocycles. The van der Waals surface area contributed by atoms with E-state index in [9.17, 15) is 18.0 Å². The molecule has 2 aromatic rings. The first-order chi connectivity index (χ1) is 12.8. The summed E-state index contributed by atoms with van der Waals surface area (Å²) in [5.41, 5.74) is -0.825. The van der Waals surface area contributed by atoms with Gasteiger partial charge in [-0.1, -0.05) is 0 Å². The Kier molecular flexibility index (Phi) is 4.61. The molecule has 4 rings (SSSR count). The Labute approximate surface area is 158 Å². The Hall–Kier alpha value is -2.10. The predicted molar refractivity (Wildman–Crippen MR) is 93.5 cm³/mol. The minimum atomic E-state index is -4.40. The number of urea groups is 1. The first-order valence-electron chi connectivity index (χ1n) is 8.93. The van der Waals surface area contributed by atoms with Gasteiger partial charge < -0.3 is 14.8 Å². The zero-order valence-corrected chi connectivity index (χ0v) is 15.6. The summed E-state index contributed by atoms with van der Waals surface area (Å²) in [5.74, 6) is 0.841. The smallest absolute Gasteiger partial charge is 0.330 e. The quantitative estimate of drug-likeness (QED) is 0.832. The van der Waals surface area contributed by atoms with Crippen molar-refractivity contribution in [1.82, 2.24) is 24.8 Å². The van der Waals surface area contributed by atoms with E-state index in [-0.39, 0.29) is 18.0 Å². The van der Waals surface area contributed by atoms with E-state index in [0.29, 0.717) is 37.0 Å². The van der Waals surface area contributed by atoms with Gasteiger partial charge in [0, 0.05) is 42.8 Å². The van der Waals surface area contributed by atoms with E-state index >= 15 is 0 Å². The number of carbonyl (C=O) groups excluding carboxylic acids is 1. The number of alkyl halides is 3. The van der Waals surface area contributed by atoms with Gasteiger partial charge >= 0.3 is 12.2 Å². The van der Waals surface area contributed by atoms with E-state index in [1.807, 2.05) is 6.20 Å². The molecule has 2 amide bonds. The van der Waals surface area contributed by atoms with Crippen LogP contribution in [0.1, 0.15) is 60.7 Å². The van der Waals surface area contributed by atoms with Gasteiger partial charge in [-0.3, -0.25) is 0 Å². The molecule has 0 spiro atoms. The second-order valence-corrected chi connectivity index (χ2v) is 8.00. The summed E-state index contributed by atoms with van der Waals surface area (Å²) in [4.78, 5) is 22.4. The number of hydrogen-bond donors (Lipinski definition) is 1. The van der Waals surface area contributed by atoms with E-state index in [0.717, 1.165) is 29.0 Å². The molecule has 0 bridgehead atoms. The number of likely N-dealkylation sites (tertiary alicyclic amines) is 1. The lowest BCUT2D eigenvalue weighted by Gasteiger charge is -2.32. The summed E-state index contributed by atoms with van der Waals surface area (Å²) in [6, 6.07) is 0.0528. The van der Waals surface area contributed by atoms with Crippen LogP contribution in [0.2, 0.25) is 0 Å². The number of amides is 2. The monoisotopic (exact) mass is 399 g/mol. The topological polar surface area (TPSA) is 63.1 Å². The van der Waals surface area contributed by atoms with Gasteiger partial charge in [-0.15, -0.1) is 11.3 Å². The second-order valence-electron chi connectivity index (χ2n) is 7.11. The lowest BCUT2D eigenvalue weighted by Crippen LogP contribution is -2.45. The number of fused-ring (bicyclic) bond motifs is 1. The van der Waals surface area contributed by atoms with Gasteiger partial charge in [-0.25, -0.2) is 14.8 Å². The third-order valence-electron chi connectivity index (χ3n) is 5.30. The first kappa shape index (κ1) is 18.3. The highest BCUT2D eigenvalue weighted by Crippen LogP contribution is 2.36. The third kappa shape index (κ3) is 3.54. The maximum absolute atomic E-state index is 12.7. The molecule has 6 nitrogen and oxygen atoms in total. The molecule has 0 aliphatic carbocycles. The Morgan fingerprint density at radius 3 is 2.74 bits per heavy atom. The molecule has 2 aromatic heterocycles. The molecular formula is C17H20F3N5OS. The summed E-state index contributed by atoms with van der Waals surface area (Å²) in [5, 5.41) is 4.62. The van der Waals surface area contributed by atoms with Crippen LogP contribution in [0.4, 0.5) is 18.0 Å². The first-order valence-corrected chi connectivity index (χ1v) is 9.81. The van der Waals surface area contributed by atoms with Gasteiger partial charge in [-0.2, -0.15) is 13.2 Å². The molecule has 0 saturated carbocycles. The number of rotatable bonds is 2. The van der Waals surface area contributed by atoms with Crippen LogP contribution in [-0.4, -0.2) is 38.6 Å². The van der Waals surface area contributed by atoms with Gasteiger partial charge in [0.15, 0.2) is 5.69 Å². The molecule has 0 aromatic carbocycles. The largest absolute Gasteiger partial charge is 0.434 e. The van der Waals surface area contributed by atoms with E-state index < -0.39 is 11.9 Å². The summed E-state index contributed by atoms with van der Waals surface area (Å²) >= 11 is 1.05. The van der Waals surface area contributed by atoms with Crippen LogP contribution >= 0.6 is 11.3 Å². The Morgan fingerprint density at radius 1 is 1.33 bits per heavy atom. The predicted octanol–water partition coefficient (Wildman–Crippen LogP) is 3.95. The standard InChI is InChI=1S/C17H20F3N5OS/c1-10-8-12(14-21-4-7-25(10)14)22-16(26)24-5-2-11(3-6-24)15-23-13(9-27-15)17(18,19)20/h4,7,9-12H,2-3,5-6,8H2,1H3,(H,22,26)/t10-,12+/m1/s1. The SMILES string of the molecule is C[C@@H]1C[C@H](NC(=O)N2CCC(c3nc(C(F)(F)F)cs3)CC2)c2nccn21. The fourth-order valence-corrected chi connectivity index (χ4v) is 4.82. The van der Waals surface area contributed by atoms with Crippen molar-refractivity contribution in [3.05, 3.63) is 34.3 Å². The van der Waals surface area contributed by atoms with Crippen molar-refractivity contribution in [3.8, 4) is 0 Å². The summed E-state index contributed by atoms with van der Waals surface area (Å²) in [6.45, 7) is 3.11. The minimum absolute atomic E-state index is 0.0273. The number of piperidine rings is 1. The molecule has 146 valence electrons. The Morgan fingerprint density at radius 2 is 2.07 bits per heavy atom. The van der Waals surface area contributed by atoms with Crippen molar-refractivity contribution in [3.63, 3.8) is 0 Å². The number of nitrogens with zero attached hydrogens (tertiary/aromatic N) is 4. The lowest BCUT2D eigenvalue weighted by molar-refractivity contribution is -0.140. The zero-order chi connectivity index (χ0) is 19.2. The summed E-state index contributed by atoms with van der Waals surface area (Å²) < 4.78 is 40.2. The molecule has 2 atom stereocenters. The highest BCUT2D eigenvalue weighted by Gasteiger charge is 2.36. The lowest BCUT2D eigenvalue weighted by atomic mass is 9.98. The second kappa shape index (κ2) is 6.81. The van der Waals surface area contributed by atoms with Crippen LogP contribution in [0.15, 0.2) is 17.8 Å². The molecular weight excluding hydrogens is 379 g/mol. The highest BCUT2D eigenvalue weighted by atomic mass is 32.1. The van der Waals surface area contributed by atoms with Crippen LogP contribution in [0.5, 0.6) is 0 Å². The average molecular weight is 399 g/mol. The van der Waals surface area contributed by atoms with Crippen molar-refractivity contribution in [2.24, 2.45) is 0 Å². The number of hydrogen-bond acceptors (Lipinski definition) is 4. The molecule has 0 radical (unpaired) electrons. The van der Waals surface area contributed by atoms with E-state index in [1.54, 1.807) is 11.1 Å². The summed E-state index contributed by atoms with van der Waals surface area (Å²) in [6.07, 6.45) is 1.30. The van der Waals surface area contributed by atoms with Gasteiger partial charge in [0.1, 0.15) is 5.82 Å². The maximum atomic E-state index is 12.7. The molecule has 0 unspecified atom stereocenters. The van der Waals surface area contributed by atoms with Gasteiger partial charge in [0.2, 0.25) is 0 Å². The number of aromatic nitrogens is 3. The third-order valence-corrected chi connectivity index (χ3v) is 6.31. The zero-order valence-electron chi connectivity index (χ0n) is 14.7. The molecule has 10 heteroatoms. The van der Waals surface area contributed by atoms with Crippen molar-refractivity contribution < 1.29 is 18.0 Å². The normalized spacial score (nSPS) is 23.5. The molecule has 1 N–H and O–H groups in total. The van der Waals surface area contributed by atoms with Crippen LogP contribution in [0.3, 0.4) is 0 Å². The molecule has 1 saturated heterocycles. The van der Waals surface area contributed by atoms with Crippen LogP contribution in [0.25, 0.3) is 0 Å². The van der Waals surface area contributed by atoms with Crippen molar-refractivity contribution in [2.75, 3.05) is 13.1 Å². The van der Waals surface area contributed by atoms with E-state index in [1.165, 1.54) is 0 Å². The summed E-state index contributed by atoms with van der Waals surface area (Å²) in [7, 11) is 0. The van der Waals surface area contributed by atoms with Crippen molar-refractivity contribution >= 4 is 17.4 Å². The van der Waals surface area contributed by atoms with E-state index in [2.05, 4.69) is 26.8 Å². The van der Waals surface area contributed by atoms with Gasteiger partial charge in [0.05, 0.1) is 11.0 Å². The number of halogens is 3. The minimum Gasteiger partial charge on any atom is -0.330 e. The number of nitrogens with one attached hydrogen (secondary N) is 1. The van der Waals surface area contributed by atoms with Crippen LogP contribution in [-0.2, 0) is 6.18 Å². The molecule has 2 aliphatic rings. The highest BCUT2D eigenvalue weighted by molar-refractivity contribution is 7.09. The van der Waals surface area contributed by atoms with Crippen molar-refractivity contribution in [1.29, 1.82) is 0 Å². The number of thiazole rings is 1. The van der Waals surface area contributed by atoms with Crippen LogP contribution in [0, 0.1) is 0 Å². The fourth-order valence-electron chi connectivity index (χ4n) is 3.83. The average Bonchev–Trinajstić information content (AvgIpc) is 3.34. The Balaban J connectivity index is 1.33. The number of carbonyl (C=O) groups is 1.